The molecule has 0 bridgehead atoms. The highest BCUT2D eigenvalue weighted by atomic mass is 28.3. The zero-order valence-electron chi connectivity index (χ0n) is 13.6. The molecule has 0 N–H and O–H groups in total. The first-order chi connectivity index (χ1) is 10.8. The number of methoxy groups -OCH3 is 2. The lowest BCUT2D eigenvalue weighted by Crippen LogP contribution is -2.35. The molecule has 0 atom stereocenters. The topological polar surface area (TPSA) is 18.5 Å². The zero-order valence-corrected chi connectivity index (χ0v) is 14.7. The summed E-state index contributed by atoms with van der Waals surface area (Å²) in [5.74, 6) is 0.00687. The van der Waals surface area contributed by atoms with E-state index in [0.29, 0.717) is 0 Å². The maximum absolute atomic E-state index is 5.58. The zero-order chi connectivity index (χ0) is 15.6. The van der Waals surface area contributed by atoms with Crippen LogP contribution < -0.4 is 0 Å². The van der Waals surface area contributed by atoms with Gasteiger partial charge in [-0.05, 0) is 24.0 Å². The Balaban J connectivity index is 1.93. The van der Waals surface area contributed by atoms with Gasteiger partial charge in [0.05, 0.1) is 0 Å². The van der Waals surface area contributed by atoms with Crippen molar-refractivity contribution in [2.24, 2.45) is 0 Å². The van der Waals surface area contributed by atoms with Gasteiger partial charge in [0.15, 0.2) is 0 Å². The highest BCUT2D eigenvalue weighted by Crippen LogP contribution is 2.16. The largest absolute Gasteiger partial charge is 0.360 e. The Morgan fingerprint density at radius 2 is 1.14 bits per heavy atom. The second-order valence-corrected chi connectivity index (χ2v) is 8.87. The first kappa shape index (κ1) is 16.9. The van der Waals surface area contributed by atoms with E-state index in [9.17, 15) is 0 Å². The van der Waals surface area contributed by atoms with Gasteiger partial charge in [0, 0.05) is 14.2 Å². The average molecular weight is 315 g/mol. The van der Waals surface area contributed by atoms with Gasteiger partial charge in [-0.25, -0.2) is 0 Å². The molecule has 0 heterocycles. The van der Waals surface area contributed by atoms with Crippen molar-refractivity contribution in [3.05, 3.63) is 71.8 Å². The Labute approximate surface area is 135 Å². The van der Waals surface area contributed by atoms with Crippen LogP contribution in [0.4, 0.5) is 0 Å². The number of benzene rings is 2. The third-order valence-corrected chi connectivity index (χ3v) is 7.52. The first-order valence-electron chi connectivity index (χ1n) is 7.97. The molecule has 0 radical (unpaired) electrons. The van der Waals surface area contributed by atoms with Crippen molar-refractivity contribution in [1.29, 1.82) is 0 Å². The fourth-order valence-electron chi connectivity index (χ4n) is 2.89. The van der Waals surface area contributed by atoms with Crippen LogP contribution in [-0.2, 0) is 22.3 Å². The van der Waals surface area contributed by atoms with Crippen LogP contribution in [-0.4, -0.2) is 28.9 Å². The van der Waals surface area contributed by atoms with Crippen molar-refractivity contribution >= 4 is 8.80 Å². The SMILES string of the molecule is COC(OC)[SiH](CCc1ccccc1)CCc1ccccc1. The van der Waals surface area contributed by atoms with Gasteiger partial charge in [-0.2, -0.15) is 0 Å². The summed E-state index contributed by atoms with van der Waals surface area (Å²) in [5, 5.41) is 0. The summed E-state index contributed by atoms with van der Waals surface area (Å²) < 4.78 is 11.2. The first-order valence-corrected chi connectivity index (χ1v) is 10.3. The van der Waals surface area contributed by atoms with E-state index in [1.165, 1.54) is 23.2 Å². The molecule has 0 unspecified atom stereocenters. The minimum Gasteiger partial charge on any atom is -0.360 e. The summed E-state index contributed by atoms with van der Waals surface area (Å²) in [6.45, 7) is 0. The lowest BCUT2D eigenvalue weighted by molar-refractivity contribution is -0.0475. The number of hydrogen-bond donors (Lipinski definition) is 0. The number of aryl methyl sites for hydroxylation is 2. The highest BCUT2D eigenvalue weighted by Gasteiger charge is 2.22. The molecule has 2 nitrogen and oxygen atoms in total. The molecule has 2 rings (SSSR count). The molecule has 0 aliphatic carbocycles. The van der Waals surface area contributed by atoms with Gasteiger partial charge >= 0.3 is 0 Å². The predicted octanol–water partition coefficient (Wildman–Crippen LogP) is 3.86. The van der Waals surface area contributed by atoms with Gasteiger partial charge in [0.2, 0.25) is 0 Å². The Morgan fingerprint density at radius 1 is 0.727 bits per heavy atom. The Kier molecular flexibility index (Phi) is 7.36. The minimum atomic E-state index is -1.13. The molecule has 2 aromatic rings. The molecule has 2 aromatic carbocycles. The minimum absolute atomic E-state index is 0.00687. The summed E-state index contributed by atoms with van der Waals surface area (Å²) >= 11 is 0. The summed E-state index contributed by atoms with van der Waals surface area (Å²) in [6, 6.07) is 23.8. The van der Waals surface area contributed by atoms with Crippen LogP contribution in [0.2, 0.25) is 12.1 Å². The van der Waals surface area contributed by atoms with E-state index < -0.39 is 8.80 Å². The molecule has 0 aliphatic rings. The average Bonchev–Trinajstić information content (AvgIpc) is 2.59. The summed E-state index contributed by atoms with van der Waals surface area (Å²) in [5.41, 5.74) is 2.82. The lowest BCUT2D eigenvalue weighted by atomic mass is 10.2. The molecular formula is C19H26O2Si. The summed E-state index contributed by atoms with van der Waals surface area (Å²) in [6.07, 6.45) is 2.24. The smallest absolute Gasteiger partial charge is 0.137 e. The highest BCUT2D eigenvalue weighted by molar-refractivity contribution is 6.59. The van der Waals surface area contributed by atoms with Crippen molar-refractivity contribution in [3.63, 3.8) is 0 Å². The molecule has 0 aromatic heterocycles. The van der Waals surface area contributed by atoms with E-state index >= 15 is 0 Å². The molecule has 0 fully saturated rings. The van der Waals surface area contributed by atoms with Gasteiger partial charge in [0.25, 0.3) is 0 Å². The van der Waals surface area contributed by atoms with Gasteiger partial charge in [0.1, 0.15) is 14.7 Å². The third-order valence-electron chi connectivity index (χ3n) is 4.14. The Bertz CT molecular complexity index is 468. The van der Waals surface area contributed by atoms with Crippen molar-refractivity contribution in [3.8, 4) is 0 Å². The van der Waals surface area contributed by atoms with Gasteiger partial charge in [-0.1, -0.05) is 72.8 Å². The van der Waals surface area contributed by atoms with Crippen molar-refractivity contribution in [2.45, 2.75) is 30.8 Å². The molecular weight excluding hydrogens is 288 g/mol. The van der Waals surface area contributed by atoms with Crippen LogP contribution in [0.3, 0.4) is 0 Å². The maximum atomic E-state index is 5.58. The van der Waals surface area contributed by atoms with E-state index in [0.717, 1.165) is 12.8 Å². The molecule has 0 aliphatic heterocycles. The molecule has 0 saturated carbocycles. The van der Waals surface area contributed by atoms with E-state index in [4.69, 9.17) is 9.47 Å². The standard InChI is InChI=1S/C19H26O2Si/c1-20-19(21-2)22(15-13-17-9-5-3-6-10-17)16-14-18-11-7-4-8-12-18/h3-12,19,22H,13-16H2,1-2H3. The van der Waals surface area contributed by atoms with E-state index in [-0.39, 0.29) is 5.91 Å². The molecule has 0 spiro atoms. The van der Waals surface area contributed by atoms with Crippen molar-refractivity contribution in [1.82, 2.24) is 0 Å². The second kappa shape index (κ2) is 9.56. The molecule has 0 saturated heterocycles. The lowest BCUT2D eigenvalue weighted by Gasteiger charge is -2.23. The summed E-state index contributed by atoms with van der Waals surface area (Å²) in [7, 11) is 2.39. The van der Waals surface area contributed by atoms with Crippen LogP contribution in [0.5, 0.6) is 0 Å². The number of rotatable bonds is 9. The van der Waals surface area contributed by atoms with Gasteiger partial charge in [-0.3, -0.25) is 0 Å². The fourth-order valence-corrected chi connectivity index (χ4v) is 5.90. The van der Waals surface area contributed by atoms with Crippen molar-refractivity contribution in [2.75, 3.05) is 14.2 Å². The van der Waals surface area contributed by atoms with Crippen molar-refractivity contribution < 1.29 is 9.47 Å². The van der Waals surface area contributed by atoms with Gasteiger partial charge < -0.3 is 9.47 Å². The quantitative estimate of drug-likeness (QED) is 0.517. The number of hydrogen-bond acceptors (Lipinski definition) is 2. The molecule has 0 amide bonds. The maximum Gasteiger partial charge on any atom is 0.137 e. The third kappa shape index (κ3) is 5.41. The van der Waals surface area contributed by atoms with E-state index in [1.807, 2.05) is 0 Å². The Morgan fingerprint density at radius 3 is 1.50 bits per heavy atom. The van der Waals surface area contributed by atoms with Gasteiger partial charge in [-0.15, -0.1) is 0 Å². The van der Waals surface area contributed by atoms with E-state index in [2.05, 4.69) is 60.7 Å². The van der Waals surface area contributed by atoms with Crippen LogP contribution in [0.15, 0.2) is 60.7 Å². The van der Waals surface area contributed by atoms with Crippen LogP contribution in [0.25, 0.3) is 0 Å². The summed E-state index contributed by atoms with van der Waals surface area (Å²) in [4.78, 5) is 0. The number of ether oxygens (including phenoxy) is 2. The second-order valence-electron chi connectivity index (χ2n) is 5.65. The fraction of sp³-hybridized carbons (Fsp3) is 0.368. The molecule has 3 heteroatoms. The molecule has 118 valence electrons. The monoisotopic (exact) mass is 314 g/mol. The van der Waals surface area contributed by atoms with Crippen LogP contribution in [0.1, 0.15) is 11.1 Å². The predicted molar refractivity (Wildman–Crippen MR) is 94.9 cm³/mol. The van der Waals surface area contributed by atoms with E-state index in [1.54, 1.807) is 14.2 Å². The Hall–Kier alpha value is -1.42. The normalized spacial score (nSPS) is 11.3. The van der Waals surface area contributed by atoms with Crippen LogP contribution in [0, 0.1) is 0 Å². The molecule has 22 heavy (non-hydrogen) atoms. The van der Waals surface area contributed by atoms with Crippen LogP contribution >= 0.6 is 0 Å².